The quantitative estimate of drug-likeness (QED) is 0.700. The number of nitrogens with zero attached hydrogens (tertiary/aromatic N) is 1. The van der Waals surface area contributed by atoms with E-state index in [-0.39, 0.29) is 6.61 Å². The van der Waals surface area contributed by atoms with E-state index in [4.69, 9.17) is 9.15 Å². The summed E-state index contributed by atoms with van der Waals surface area (Å²) in [4.78, 5) is 14.3. The van der Waals surface area contributed by atoms with Crippen molar-refractivity contribution < 1.29 is 14.3 Å². The van der Waals surface area contributed by atoms with E-state index < -0.39 is 5.63 Å². The molecule has 0 atom stereocenters. The van der Waals surface area contributed by atoms with Crippen molar-refractivity contribution in [2.75, 3.05) is 24.6 Å². The molecular weight excluding hydrogens is 342 g/mol. The van der Waals surface area contributed by atoms with Gasteiger partial charge in [-0.3, -0.25) is 0 Å². The van der Waals surface area contributed by atoms with E-state index in [0.29, 0.717) is 23.9 Å². The smallest absolute Gasteiger partial charge is 0.339 e. The Kier molecular flexibility index (Phi) is 5.12. The Hall–Kier alpha value is -2.79. The van der Waals surface area contributed by atoms with Crippen LogP contribution in [0.2, 0.25) is 0 Å². The van der Waals surface area contributed by atoms with Crippen LogP contribution in [0.1, 0.15) is 18.4 Å². The van der Waals surface area contributed by atoms with Crippen molar-refractivity contribution in [1.82, 2.24) is 0 Å². The summed E-state index contributed by atoms with van der Waals surface area (Å²) in [5.74, 6) is 0.924. The van der Waals surface area contributed by atoms with Crippen LogP contribution in [0.3, 0.4) is 0 Å². The molecule has 1 N–H and O–H groups in total. The van der Waals surface area contributed by atoms with Gasteiger partial charge in [-0.25, -0.2) is 4.79 Å². The highest BCUT2D eigenvalue weighted by atomic mass is 16.5. The van der Waals surface area contributed by atoms with Crippen molar-refractivity contribution in [2.45, 2.75) is 19.4 Å². The lowest BCUT2D eigenvalue weighted by Gasteiger charge is -2.32. The van der Waals surface area contributed by atoms with Crippen molar-refractivity contribution in [3.05, 3.63) is 70.6 Å². The van der Waals surface area contributed by atoms with Crippen molar-refractivity contribution >= 4 is 16.7 Å². The molecular formula is C22H23NO4. The Balaban J connectivity index is 1.58. The van der Waals surface area contributed by atoms with Crippen LogP contribution in [0.15, 0.2) is 63.8 Å². The van der Waals surface area contributed by atoms with Gasteiger partial charge < -0.3 is 19.2 Å². The summed E-state index contributed by atoms with van der Waals surface area (Å²) in [6.07, 6.45) is 1.94. The number of aliphatic hydroxyl groups excluding tert-OH is 1. The van der Waals surface area contributed by atoms with E-state index in [0.717, 1.165) is 42.6 Å². The van der Waals surface area contributed by atoms with Gasteiger partial charge >= 0.3 is 5.63 Å². The summed E-state index contributed by atoms with van der Waals surface area (Å²) in [6, 6.07) is 17.2. The standard InChI is InChI=1S/C22H23NO4/c24-14-16-8-10-23(11-9-16)18-6-7-19-20(13-22(25)27-21(19)12-18)26-15-17-4-2-1-3-5-17/h1-7,12-13,16,24H,8-11,14-15H2. The summed E-state index contributed by atoms with van der Waals surface area (Å²) >= 11 is 0. The molecule has 5 nitrogen and oxygen atoms in total. The molecule has 1 saturated heterocycles. The van der Waals surface area contributed by atoms with Crippen LogP contribution in [0.25, 0.3) is 11.0 Å². The molecule has 0 amide bonds. The molecule has 0 spiro atoms. The zero-order chi connectivity index (χ0) is 18.6. The highest BCUT2D eigenvalue weighted by Gasteiger charge is 2.19. The lowest BCUT2D eigenvalue weighted by atomic mass is 9.97. The third-order valence-electron chi connectivity index (χ3n) is 5.17. The number of hydrogen-bond donors (Lipinski definition) is 1. The third kappa shape index (κ3) is 3.98. The fraction of sp³-hybridized carbons (Fsp3) is 0.318. The SMILES string of the molecule is O=c1cc(OCc2ccccc2)c2ccc(N3CCC(CO)CC3)cc2o1. The third-order valence-corrected chi connectivity index (χ3v) is 5.17. The Bertz CT molecular complexity index is 959. The second-order valence-corrected chi connectivity index (χ2v) is 7.00. The first-order chi connectivity index (χ1) is 13.2. The normalized spacial score (nSPS) is 15.2. The first kappa shape index (κ1) is 17.6. The molecule has 27 heavy (non-hydrogen) atoms. The van der Waals surface area contributed by atoms with Gasteiger partial charge in [-0.05, 0) is 36.5 Å². The maximum absolute atomic E-state index is 12.0. The molecule has 0 radical (unpaired) electrons. The van der Waals surface area contributed by atoms with Crippen LogP contribution < -0.4 is 15.3 Å². The number of aliphatic hydroxyl groups is 1. The number of piperidine rings is 1. The van der Waals surface area contributed by atoms with Gasteiger partial charge in [0.2, 0.25) is 0 Å². The van der Waals surface area contributed by atoms with E-state index in [1.54, 1.807) is 0 Å². The maximum Gasteiger partial charge on any atom is 0.339 e. The first-order valence-corrected chi connectivity index (χ1v) is 9.33. The van der Waals surface area contributed by atoms with E-state index in [9.17, 15) is 9.90 Å². The highest BCUT2D eigenvalue weighted by Crippen LogP contribution is 2.30. The van der Waals surface area contributed by atoms with Gasteiger partial charge in [0, 0.05) is 31.5 Å². The molecule has 0 saturated carbocycles. The number of benzene rings is 2. The van der Waals surface area contributed by atoms with Crippen molar-refractivity contribution in [1.29, 1.82) is 0 Å². The fourth-order valence-corrected chi connectivity index (χ4v) is 3.55. The second kappa shape index (κ2) is 7.84. The zero-order valence-electron chi connectivity index (χ0n) is 15.1. The summed E-state index contributed by atoms with van der Waals surface area (Å²) in [5, 5.41) is 10.1. The molecule has 4 rings (SSSR count). The molecule has 1 aliphatic rings. The van der Waals surface area contributed by atoms with E-state index in [1.807, 2.05) is 48.5 Å². The topological polar surface area (TPSA) is 62.9 Å². The first-order valence-electron chi connectivity index (χ1n) is 9.33. The number of ether oxygens (including phenoxy) is 1. The molecule has 1 fully saturated rings. The molecule has 0 unspecified atom stereocenters. The summed E-state index contributed by atoms with van der Waals surface area (Å²) < 4.78 is 11.3. The van der Waals surface area contributed by atoms with E-state index in [2.05, 4.69) is 4.90 Å². The Labute approximate surface area is 157 Å². The molecule has 0 aliphatic carbocycles. The van der Waals surface area contributed by atoms with Gasteiger partial charge in [-0.15, -0.1) is 0 Å². The largest absolute Gasteiger partial charge is 0.488 e. The fourth-order valence-electron chi connectivity index (χ4n) is 3.55. The van der Waals surface area contributed by atoms with Crippen molar-refractivity contribution in [2.24, 2.45) is 5.92 Å². The lowest BCUT2D eigenvalue weighted by molar-refractivity contribution is 0.203. The minimum atomic E-state index is -0.415. The average Bonchev–Trinajstić information content (AvgIpc) is 2.72. The van der Waals surface area contributed by atoms with Crippen LogP contribution >= 0.6 is 0 Å². The van der Waals surface area contributed by atoms with Gasteiger partial charge in [0.1, 0.15) is 17.9 Å². The van der Waals surface area contributed by atoms with Crippen molar-refractivity contribution in [3.8, 4) is 5.75 Å². The zero-order valence-corrected chi connectivity index (χ0v) is 15.1. The number of anilines is 1. The number of rotatable bonds is 5. The molecule has 5 heteroatoms. The Morgan fingerprint density at radius 1 is 1.07 bits per heavy atom. The van der Waals surface area contributed by atoms with Crippen LogP contribution in [-0.4, -0.2) is 24.8 Å². The lowest BCUT2D eigenvalue weighted by Crippen LogP contribution is -2.34. The van der Waals surface area contributed by atoms with Gasteiger partial charge in [0.05, 0.1) is 11.5 Å². The molecule has 2 aromatic carbocycles. The predicted octanol–water partition coefficient (Wildman–Crippen LogP) is 3.58. The van der Waals surface area contributed by atoms with Gasteiger partial charge in [0.25, 0.3) is 0 Å². The monoisotopic (exact) mass is 365 g/mol. The van der Waals surface area contributed by atoms with Crippen LogP contribution in [0, 0.1) is 5.92 Å². The number of fused-ring (bicyclic) bond motifs is 1. The minimum Gasteiger partial charge on any atom is -0.488 e. The van der Waals surface area contributed by atoms with Crippen LogP contribution in [0.4, 0.5) is 5.69 Å². The summed E-state index contributed by atoms with van der Waals surface area (Å²) in [5.41, 5.74) is 2.19. The Morgan fingerprint density at radius 2 is 1.85 bits per heavy atom. The summed E-state index contributed by atoms with van der Waals surface area (Å²) in [6.45, 7) is 2.44. The molecule has 0 bridgehead atoms. The van der Waals surface area contributed by atoms with Crippen molar-refractivity contribution in [3.63, 3.8) is 0 Å². The second-order valence-electron chi connectivity index (χ2n) is 7.00. The van der Waals surface area contributed by atoms with E-state index in [1.165, 1.54) is 6.07 Å². The predicted molar refractivity (Wildman–Crippen MR) is 105 cm³/mol. The van der Waals surface area contributed by atoms with Gasteiger partial charge in [-0.2, -0.15) is 0 Å². The number of hydrogen-bond acceptors (Lipinski definition) is 5. The van der Waals surface area contributed by atoms with E-state index >= 15 is 0 Å². The molecule has 2 heterocycles. The summed E-state index contributed by atoms with van der Waals surface area (Å²) in [7, 11) is 0. The molecule has 140 valence electrons. The average molecular weight is 365 g/mol. The highest BCUT2D eigenvalue weighted by molar-refractivity contribution is 5.86. The molecule has 1 aromatic heterocycles. The van der Waals surface area contributed by atoms with Crippen LogP contribution in [0.5, 0.6) is 5.75 Å². The molecule has 1 aliphatic heterocycles. The van der Waals surface area contributed by atoms with Gasteiger partial charge in [-0.1, -0.05) is 30.3 Å². The minimum absolute atomic E-state index is 0.253. The molecule has 3 aromatic rings. The van der Waals surface area contributed by atoms with Gasteiger partial charge in [0.15, 0.2) is 0 Å². The van der Waals surface area contributed by atoms with Crippen LogP contribution in [-0.2, 0) is 6.61 Å². The maximum atomic E-state index is 12.0. The Morgan fingerprint density at radius 3 is 2.59 bits per heavy atom.